The number of aromatic nitrogens is 2. The van der Waals surface area contributed by atoms with Gasteiger partial charge in [0.2, 0.25) is 11.7 Å². The molecule has 0 bridgehead atoms. The van der Waals surface area contributed by atoms with Gasteiger partial charge in [-0.05, 0) is 56.2 Å². The number of anilines is 1. The molecule has 1 atom stereocenters. The van der Waals surface area contributed by atoms with E-state index in [1.807, 2.05) is 63.2 Å². The Balaban J connectivity index is 1.61. The maximum absolute atomic E-state index is 13.4. The molecule has 4 aromatic rings. The van der Waals surface area contributed by atoms with Crippen molar-refractivity contribution in [1.29, 1.82) is 0 Å². The summed E-state index contributed by atoms with van der Waals surface area (Å²) in [5.41, 5.74) is 5.28. The number of Topliss-reactive ketones (excluding diaryl/α,β-unsaturated/α-hetero) is 1. The highest BCUT2D eigenvalue weighted by atomic mass is 16.3. The Bertz CT molecular complexity index is 1300. The number of carbonyl (C=O) groups is 2. The summed E-state index contributed by atoms with van der Waals surface area (Å²) >= 11 is 0. The zero-order valence-corrected chi connectivity index (χ0v) is 17.0. The van der Waals surface area contributed by atoms with Gasteiger partial charge in [0.05, 0.1) is 17.3 Å². The SMILES string of the molecule is Cc1ccc(-n2nc(C)c3c2NC(=O)C[C@@H]3C(=O)c2cc3ccccc3o2)cc1C. The number of fused-ring (bicyclic) bond motifs is 2. The van der Waals surface area contributed by atoms with Gasteiger partial charge in [0.1, 0.15) is 11.4 Å². The Hall–Kier alpha value is -3.67. The Morgan fingerprint density at radius 2 is 1.90 bits per heavy atom. The van der Waals surface area contributed by atoms with Crippen LogP contribution in [0.15, 0.2) is 52.9 Å². The van der Waals surface area contributed by atoms with Crippen LogP contribution in [0.25, 0.3) is 16.7 Å². The van der Waals surface area contributed by atoms with Gasteiger partial charge >= 0.3 is 0 Å². The second kappa shape index (κ2) is 6.69. The predicted molar refractivity (Wildman–Crippen MR) is 114 cm³/mol. The number of para-hydroxylation sites is 1. The molecule has 0 unspecified atom stereocenters. The van der Waals surface area contributed by atoms with Gasteiger partial charge < -0.3 is 9.73 Å². The fraction of sp³-hybridized carbons (Fsp3) is 0.208. The van der Waals surface area contributed by atoms with Gasteiger partial charge in [-0.15, -0.1) is 0 Å². The number of hydrogen-bond donors (Lipinski definition) is 1. The lowest BCUT2D eigenvalue weighted by Crippen LogP contribution is -2.28. The van der Waals surface area contributed by atoms with Gasteiger partial charge in [-0.25, -0.2) is 4.68 Å². The second-order valence-electron chi connectivity index (χ2n) is 7.85. The van der Waals surface area contributed by atoms with Crippen molar-refractivity contribution in [2.45, 2.75) is 33.1 Å². The Morgan fingerprint density at radius 3 is 2.67 bits per heavy atom. The summed E-state index contributed by atoms with van der Waals surface area (Å²) in [6, 6.07) is 15.2. The molecule has 6 heteroatoms. The van der Waals surface area contributed by atoms with E-state index in [1.54, 1.807) is 10.7 Å². The fourth-order valence-electron chi connectivity index (χ4n) is 4.09. The summed E-state index contributed by atoms with van der Waals surface area (Å²) in [7, 11) is 0. The smallest absolute Gasteiger partial charge is 0.226 e. The van der Waals surface area contributed by atoms with Crippen molar-refractivity contribution < 1.29 is 14.0 Å². The Kier molecular flexibility index (Phi) is 4.10. The van der Waals surface area contributed by atoms with Gasteiger partial charge in [0.15, 0.2) is 5.76 Å². The van der Waals surface area contributed by atoms with E-state index in [4.69, 9.17) is 4.42 Å². The molecule has 2 aromatic carbocycles. The van der Waals surface area contributed by atoms with Crippen LogP contribution in [0.5, 0.6) is 0 Å². The molecule has 0 saturated carbocycles. The van der Waals surface area contributed by atoms with Gasteiger partial charge in [-0.1, -0.05) is 24.3 Å². The fourth-order valence-corrected chi connectivity index (χ4v) is 4.09. The molecule has 0 saturated heterocycles. The molecule has 2 aromatic heterocycles. The molecule has 5 rings (SSSR count). The van der Waals surface area contributed by atoms with E-state index in [-0.39, 0.29) is 23.9 Å². The van der Waals surface area contributed by atoms with Crippen LogP contribution in [0, 0.1) is 20.8 Å². The molecule has 6 nitrogen and oxygen atoms in total. The van der Waals surface area contributed by atoms with Gasteiger partial charge in [0.25, 0.3) is 0 Å². The first-order valence-electron chi connectivity index (χ1n) is 9.92. The lowest BCUT2D eigenvalue weighted by Gasteiger charge is -2.22. The highest BCUT2D eigenvalue weighted by Gasteiger charge is 2.37. The van der Waals surface area contributed by atoms with E-state index < -0.39 is 5.92 Å². The molecule has 0 spiro atoms. The van der Waals surface area contributed by atoms with E-state index in [9.17, 15) is 9.59 Å². The number of amides is 1. The van der Waals surface area contributed by atoms with Crippen molar-refractivity contribution in [3.05, 3.63) is 76.7 Å². The van der Waals surface area contributed by atoms with Gasteiger partial charge in [-0.3, -0.25) is 9.59 Å². The largest absolute Gasteiger partial charge is 0.453 e. The van der Waals surface area contributed by atoms with Crippen LogP contribution in [0.4, 0.5) is 5.82 Å². The highest BCUT2D eigenvalue weighted by Crippen LogP contribution is 2.39. The van der Waals surface area contributed by atoms with E-state index in [1.165, 1.54) is 5.56 Å². The number of rotatable bonds is 3. The minimum Gasteiger partial charge on any atom is -0.453 e. The van der Waals surface area contributed by atoms with Crippen LogP contribution in [0.1, 0.15) is 45.3 Å². The second-order valence-corrected chi connectivity index (χ2v) is 7.85. The van der Waals surface area contributed by atoms with Crippen molar-refractivity contribution in [2.75, 3.05) is 5.32 Å². The van der Waals surface area contributed by atoms with Crippen molar-refractivity contribution in [3.8, 4) is 5.69 Å². The quantitative estimate of drug-likeness (QED) is 0.500. The lowest BCUT2D eigenvalue weighted by molar-refractivity contribution is -0.116. The van der Waals surface area contributed by atoms with Crippen molar-refractivity contribution >= 4 is 28.5 Å². The molecule has 1 aliphatic rings. The first-order valence-corrected chi connectivity index (χ1v) is 9.92. The third-order valence-electron chi connectivity index (χ3n) is 5.82. The Morgan fingerprint density at radius 1 is 1.10 bits per heavy atom. The maximum Gasteiger partial charge on any atom is 0.226 e. The molecule has 1 N–H and O–H groups in total. The summed E-state index contributed by atoms with van der Waals surface area (Å²) < 4.78 is 7.50. The number of furan rings is 1. The zero-order chi connectivity index (χ0) is 21.0. The number of nitrogens with zero attached hydrogens (tertiary/aromatic N) is 2. The zero-order valence-electron chi connectivity index (χ0n) is 17.0. The number of aryl methyl sites for hydroxylation is 3. The van der Waals surface area contributed by atoms with Crippen LogP contribution < -0.4 is 5.32 Å². The third-order valence-corrected chi connectivity index (χ3v) is 5.82. The van der Waals surface area contributed by atoms with Crippen LogP contribution in [-0.2, 0) is 4.79 Å². The molecule has 150 valence electrons. The number of nitrogens with one attached hydrogen (secondary N) is 1. The van der Waals surface area contributed by atoms with Crippen molar-refractivity contribution in [2.24, 2.45) is 0 Å². The number of benzene rings is 2. The molecule has 3 heterocycles. The summed E-state index contributed by atoms with van der Waals surface area (Å²) in [6.07, 6.45) is 0.0718. The molecule has 0 aliphatic carbocycles. The monoisotopic (exact) mass is 399 g/mol. The average Bonchev–Trinajstić information content (AvgIpc) is 3.30. The van der Waals surface area contributed by atoms with Crippen LogP contribution in [0.2, 0.25) is 0 Å². The molecule has 1 amide bonds. The van der Waals surface area contributed by atoms with Crippen LogP contribution >= 0.6 is 0 Å². The molecule has 1 aliphatic heterocycles. The first kappa shape index (κ1) is 18.4. The number of hydrogen-bond acceptors (Lipinski definition) is 4. The first-order chi connectivity index (χ1) is 14.4. The molecular formula is C24H21N3O3. The summed E-state index contributed by atoms with van der Waals surface area (Å²) in [5, 5.41) is 8.44. The maximum atomic E-state index is 13.4. The molecule has 30 heavy (non-hydrogen) atoms. The van der Waals surface area contributed by atoms with E-state index >= 15 is 0 Å². The van der Waals surface area contributed by atoms with E-state index in [2.05, 4.69) is 10.4 Å². The summed E-state index contributed by atoms with van der Waals surface area (Å²) in [4.78, 5) is 25.9. The van der Waals surface area contributed by atoms with Crippen LogP contribution in [0.3, 0.4) is 0 Å². The Labute approximate surface area is 173 Å². The standard InChI is InChI=1S/C24H21N3O3/c1-13-8-9-17(10-14(13)2)27-24-22(15(3)26-27)18(12-21(28)25-24)23(29)20-11-16-6-4-5-7-19(16)30-20/h4-11,18H,12H2,1-3H3,(H,25,28)/t18-/m0/s1. The minimum atomic E-state index is -0.630. The summed E-state index contributed by atoms with van der Waals surface area (Å²) in [5.74, 6) is -0.219. The third kappa shape index (κ3) is 2.84. The highest BCUT2D eigenvalue weighted by molar-refractivity contribution is 6.08. The van der Waals surface area contributed by atoms with Gasteiger partial charge in [-0.2, -0.15) is 5.10 Å². The normalized spacial score (nSPS) is 15.8. The summed E-state index contributed by atoms with van der Waals surface area (Å²) in [6.45, 7) is 5.95. The van der Waals surface area contributed by atoms with Gasteiger partial charge in [0, 0.05) is 17.4 Å². The van der Waals surface area contributed by atoms with Crippen molar-refractivity contribution in [1.82, 2.24) is 9.78 Å². The number of carbonyl (C=O) groups excluding carboxylic acids is 2. The topological polar surface area (TPSA) is 77.1 Å². The van der Waals surface area contributed by atoms with Crippen molar-refractivity contribution in [3.63, 3.8) is 0 Å². The lowest BCUT2D eigenvalue weighted by atomic mass is 9.87. The van der Waals surface area contributed by atoms with E-state index in [0.717, 1.165) is 27.9 Å². The predicted octanol–water partition coefficient (Wildman–Crippen LogP) is 4.85. The molecule has 0 fully saturated rings. The molecule has 0 radical (unpaired) electrons. The van der Waals surface area contributed by atoms with Crippen LogP contribution in [-0.4, -0.2) is 21.5 Å². The average molecular weight is 399 g/mol. The number of ketones is 1. The minimum absolute atomic E-state index is 0.0718. The van der Waals surface area contributed by atoms with E-state index in [0.29, 0.717) is 11.4 Å². The molecular weight excluding hydrogens is 378 g/mol.